The van der Waals surface area contributed by atoms with Crippen LogP contribution in [0.25, 0.3) is 6.08 Å². The van der Waals surface area contributed by atoms with E-state index < -0.39 is 5.82 Å². The maximum atomic E-state index is 13.9. The highest BCUT2D eigenvalue weighted by Crippen LogP contribution is 2.41. The lowest BCUT2D eigenvalue weighted by Crippen LogP contribution is -2.00. The van der Waals surface area contributed by atoms with Gasteiger partial charge in [0.25, 0.3) is 0 Å². The van der Waals surface area contributed by atoms with Gasteiger partial charge in [0.1, 0.15) is 0 Å². The second kappa shape index (κ2) is 5.73. The fourth-order valence-electron chi connectivity index (χ4n) is 1.83. The normalized spacial score (nSPS) is 14.6. The van der Waals surface area contributed by atoms with E-state index in [0.717, 1.165) is 6.42 Å². The molecule has 0 aliphatic carbocycles. The molecule has 1 aliphatic rings. The molecular weight excluding hydrogens is 237 g/mol. The zero-order valence-corrected chi connectivity index (χ0v) is 10.2. The first-order valence-electron chi connectivity index (χ1n) is 5.80. The molecule has 0 spiro atoms. The molecule has 2 rings (SSSR count). The molecule has 0 saturated heterocycles. The lowest BCUT2D eigenvalue weighted by molar-refractivity contribution is 0.296. The van der Waals surface area contributed by atoms with Gasteiger partial charge in [0.15, 0.2) is 23.1 Å². The van der Waals surface area contributed by atoms with Gasteiger partial charge in [0.05, 0.1) is 25.9 Å². The van der Waals surface area contributed by atoms with Crippen molar-refractivity contribution < 1.29 is 18.6 Å². The zero-order chi connectivity index (χ0) is 13.0. The Labute approximate surface area is 105 Å². The van der Waals surface area contributed by atoms with Crippen molar-refractivity contribution in [1.82, 2.24) is 0 Å². The molecular formula is C13H16FNO3. The minimum Gasteiger partial charge on any atom is -0.493 e. The van der Waals surface area contributed by atoms with Crippen molar-refractivity contribution in [3.63, 3.8) is 0 Å². The minimum absolute atomic E-state index is 0.143. The first-order chi connectivity index (χ1) is 8.77. The van der Waals surface area contributed by atoms with Gasteiger partial charge >= 0.3 is 0 Å². The van der Waals surface area contributed by atoms with E-state index in [1.165, 1.54) is 13.2 Å². The van der Waals surface area contributed by atoms with E-state index in [2.05, 4.69) is 0 Å². The van der Waals surface area contributed by atoms with Crippen LogP contribution in [0.2, 0.25) is 0 Å². The number of rotatable bonds is 3. The number of hydrogen-bond donors (Lipinski definition) is 1. The Balaban J connectivity index is 2.56. The lowest BCUT2D eigenvalue weighted by atomic mass is 10.1. The van der Waals surface area contributed by atoms with E-state index in [1.54, 1.807) is 12.2 Å². The van der Waals surface area contributed by atoms with Crippen LogP contribution in [0.4, 0.5) is 4.39 Å². The van der Waals surface area contributed by atoms with Crippen LogP contribution in [0.1, 0.15) is 12.0 Å². The molecule has 0 bridgehead atoms. The van der Waals surface area contributed by atoms with Crippen LogP contribution in [0.3, 0.4) is 0 Å². The Kier molecular flexibility index (Phi) is 4.04. The molecule has 0 fully saturated rings. The van der Waals surface area contributed by atoms with Gasteiger partial charge in [-0.3, -0.25) is 0 Å². The second-order valence-corrected chi connectivity index (χ2v) is 3.82. The van der Waals surface area contributed by atoms with Gasteiger partial charge in [0.2, 0.25) is 0 Å². The summed E-state index contributed by atoms with van der Waals surface area (Å²) < 4.78 is 30.0. The molecule has 0 unspecified atom stereocenters. The van der Waals surface area contributed by atoms with Crippen molar-refractivity contribution in [2.24, 2.45) is 5.73 Å². The number of benzene rings is 1. The lowest BCUT2D eigenvalue weighted by Gasteiger charge is -2.14. The molecule has 18 heavy (non-hydrogen) atoms. The highest BCUT2D eigenvalue weighted by atomic mass is 19.1. The third-order valence-corrected chi connectivity index (χ3v) is 2.61. The van der Waals surface area contributed by atoms with Crippen molar-refractivity contribution in [1.29, 1.82) is 0 Å². The zero-order valence-electron chi connectivity index (χ0n) is 10.2. The molecule has 5 heteroatoms. The summed E-state index contributed by atoms with van der Waals surface area (Å²) in [6.07, 6.45) is 4.17. The molecule has 98 valence electrons. The summed E-state index contributed by atoms with van der Waals surface area (Å²) in [7, 11) is 1.42. The molecule has 4 nitrogen and oxygen atoms in total. The van der Waals surface area contributed by atoms with Gasteiger partial charge in [-0.1, -0.05) is 6.08 Å². The van der Waals surface area contributed by atoms with Gasteiger partial charge < -0.3 is 19.9 Å². The van der Waals surface area contributed by atoms with Crippen LogP contribution in [0.15, 0.2) is 12.1 Å². The average molecular weight is 253 g/mol. The first-order valence-corrected chi connectivity index (χ1v) is 5.80. The quantitative estimate of drug-likeness (QED) is 0.894. The Bertz CT molecular complexity index is 460. The van der Waals surface area contributed by atoms with Crippen LogP contribution >= 0.6 is 0 Å². The van der Waals surface area contributed by atoms with Crippen LogP contribution in [0, 0.1) is 5.82 Å². The molecule has 2 N–H and O–H groups in total. The van der Waals surface area contributed by atoms with Gasteiger partial charge in [-0.2, -0.15) is 0 Å². The van der Waals surface area contributed by atoms with Gasteiger partial charge in [-0.15, -0.1) is 0 Å². The summed E-state index contributed by atoms with van der Waals surface area (Å²) in [5.74, 6) is 0.584. The predicted octanol–water partition coefficient (Wildman–Crippen LogP) is 1.97. The van der Waals surface area contributed by atoms with Crippen molar-refractivity contribution >= 4 is 6.08 Å². The van der Waals surface area contributed by atoms with Crippen LogP contribution in [-0.4, -0.2) is 26.9 Å². The summed E-state index contributed by atoms with van der Waals surface area (Å²) in [6.45, 7) is 1.40. The number of nitrogens with two attached hydrogens (primary N) is 1. The van der Waals surface area contributed by atoms with E-state index in [0.29, 0.717) is 36.8 Å². The van der Waals surface area contributed by atoms with Crippen LogP contribution in [-0.2, 0) is 0 Å². The van der Waals surface area contributed by atoms with Gasteiger partial charge in [-0.05, 0) is 6.08 Å². The minimum atomic E-state index is -0.474. The fourth-order valence-corrected chi connectivity index (χ4v) is 1.83. The highest BCUT2D eigenvalue weighted by Gasteiger charge is 2.21. The molecule has 1 aromatic rings. The van der Waals surface area contributed by atoms with E-state index in [9.17, 15) is 4.39 Å². The van der Waals surface area contributed by atoms with Gasteiger partial charge in [-0.25, -0.2) is 4.39 Å². The fraction of sp³-hybridized carbons (Fsp3) is 0.385. The van der Waals surface area contributed by atoms with Crippen LogP contribution in [0.5, 0.6) is 17.2 Å². The third kappa shape index (κ3) is 2.41. The van der Waals surface area contributed by atoms with E-state index in [4.69, 9.17) is 19.9 Å². The Morgan fingerprint density at radius 3 is 2.94 bits per heavy atom. The van der Waals surface area contributed by atoms with E-state index >= 15 is 0 Å². The van der Waals surface area contributed by atoms with E-state index in [1.807, 2.05) is 0 Å². The Hall–Kier alpha value is -1.75. The Morgan fingerprint density at radius 2 is 2.22 bits per heavy atom. The summed E-state index contributed by atoms with van der Waals surface area (Å²) in [5, 5.41) is 0. The number of fused-ring (bicyclic) bond motifs is 1. The molecule has 0 aromatic heterocycles. The SMILES string of the molecule is COc1c(F)cc2c(c1/C=C/CN)OCCCO2. The molecule has 0 radical (unpaired) electrons. The first kappa shape index (κ1) is 12.7. The standard InChI is InChI=1S/C13H16FNO3/c1-16-12-9(4-2-5-15)13-11(8-10(12)14)17-6-3-7-18-13/h2,4,8H,3,5-7,15H2,1H3/b4-2+. The molecule has 0 saturated carbocycles. The molecule has 0 amide bonds. The summed E-state index contributed by atoms with van der Waals surface area (Å²) in [6, 6.07) is 1.29. The molecule has 1 heterocycles. The molecule has 1 aromatic carbocycles. The monoisotopic (exact) mass is 253 g/mol. The van der Waals surface area contributed by atoms with Crippen LogP contribution < -0.4 is 19.9 Å². The van der Waals surface area contributed by atoms with Crippen molar-refractivity contribution in [2.75, 3.05) is 26.9 Å². The summed E-state index contributed by atoms with van der Waals surface area (Å²) in [4.78, 5) is 0. The number of hydrogen-bond acceptors (Lipinski definition) is 4. The second-order valence-electron chi connectivity index (χ2n) is 3.82. The highest BCUT2D eigenvalue weighted by molar-refractivity contribution is 5.69. The maximum absolute atomic E-state index is 13.9. The molecule has 1 aliphatic heterocycles. The largest absolute Gasteiger partial charge is 0.493 e. The van der Waals surface area contributed by atoms with Gasteiger partial charge in [0, 0.05) is 19.0 Å². The average Bonchev–Trinajstić information content (AvgIpc) is 2.60. The number of halogens is 1. The number of ether oxygens (including phenoxy) is 3. The topological polar surface area (TPSA) is 53.7 Å². The van der Waals surface area contributed by atoms with Crippen molar-refractivity contribution in [3.8, 4) is 17.2 Å². The summed E-state index contributed by atoms with van der Waals surface area (Å²) >= 11 is 0. The van der Waals surface area contributed by atoms with E-state index in [-0.39, 0.29) is 5.75 Å². The predicted molar refractivity (Wildman–Crippen MR) is 66.6 cm³/mol. The smallest absolute Gasteiger partial charge is 0.172 e. The van der Waals surface area contributed by atoms with Crippen molar-refractivity contribution in [2.45, 2.75) is 6.42 Å². The van der Waals surface area contributed by atoms with Crippen molar-refractivity contribution in [3.05, 3.63) is 23.5 Å². The maximum Gasteiger partial charge on any atom is 0.172 e. The molecule has 0 atom stereocenters. The number of methoxy groups -OCH3 is 1. The summed E-state index contributed by atoms with van der Waals surface area (Å²) in [5.41, 5.74) is 5.95. The third-order valence-electron chi connectivity index (χ3n) is 2.61. The Morgan fingerprint density at radius 1 is 1.44 bits per heavy atom.